The van der Waals surface area contributed by atoms with Gasteiger partial charge in [-0.1, -0.05) is 25.8 Å². The highest BCUT2D eigenvalue weighted by Crippen LogP contribution is 2.31. The van der Waals surface area contributed by atoms with Crippen molar-refractivity contribution < 1.29 is 9.90 Å². The van der Waals surface area contributed by atoms with Crippen molar-refractivity contribution in [3.05, 3.63) is 22.4 Å². The lowest BCUT2D eigenvalue weighted by molar-refractivity contribution is -0.137. The lowest BCUT2D eigenvalue weighted by atomic mass is 9.99. The molecule has 1 saturated carbocycles. The van der Waals surface area contributed by atoms with E-state index in [-0.39, 0.29) is 12.5 Å². The molecular formula is C14H21NO2S. The van der Waals surface area contributed by atoms with Crippen LogP contribution in [0.25, 0.3) is 0 Å². The molecule has 3 atom stereocenters. The summed E-state index contributed by atoms with van der Waals surface area (Å²) in [6, 6.07) is 4.48. The zero-order valence-electron chi connectivity index (χ0n) is 10.8. The van der Waals surface area contributed by atoms with Gasteiger partial charge in [0, 0.05) is 10.9 Å². The third-order valence-corrected chi connectivity index (χ3v) is 4.85. The smallest absolute Gasteiger partial charge is 0.305 e. The Labute approximate surface area is 112 Å². The van der Waals surface area contributed by atoms with E-state index in [0.29, 0.717) is 12.0 Å². The highest BCUT2D eigenvalue weighted by atomic mass is 32.1. The van der Waals surface area contributed by atoms with Crippen LogP contribution >= 0.6 is 11.3 Å². The fraction of sp³-hybridized carbons (Fsp3) is 0.643. The van der Waals surface area contributed by atoms with Crippen LogP contribution in [0.15, 0.2) is 17.5 Å². The Morgan fingerprint density at radius 3 is 3.06 bits per heavy atom. The molecule has 0 aromatic carbocycles. The molecule has 3 nitrogen and oxygen atoms in total. The summed E-state index contributed by atoms with van der Waals surface area (Å²) in [5.41, 5.74) is 0. The molecule has 2 N–H and O–H groups in total. The zero-order chi connectivity index (χ0) is 13.0. The molecule has 1 heterocycles. The van der Waals surface area contributed by atoms with Gasteiger partial charge in [-0.15, -0.1) is 11.3 Å². The Morgan fingerprint density at radius 2 is 2.44 bits per heavy atom. The lowest BCUT2D eigenvalue weighted by Gasteiger charge is -2.25. The van der Waals surface area contributed by atoms with Gasteiger partial charge in [-0.25, -0.2) is 0 Å². The Kier molecular flexibility index (Phi) is 4.78. The first-order valence-electron chi connectivity index (χ1n) is 6.72. The third-order valence-electron chi connectivity index (χ3n) is 3.86. The number of aliphatic carboxylic acids is 1. The molecule has 2 rings (SSSR count). The van der Waals surface area contributed by atoms with Crippen molar-refractivity contribution in [2.75, 3.05) is 0 Å². The van der Waals surface area contributed by atoms with E-state index < -0.39 is 5.97 Å². The Bertz CT molecular complexity index is 377. The van der Waals surface area contributed by atoms with Gasteiger partial charge in [0.1, 0.15) is 0 Å². The van der Waals surface area contributed by atoms with Crippen molar-refractivity contribution in [2.45, 2.75) is 51.1 Å². The quantitative estimate of drug-likeness (QED) is 0.830. The van der Waals surface area contributed by atoms with Crippen LogP contribution in [0.5, 0.6) is 0 Å². The molecule has 18 heavy (non-hydrogen) atoms. The minimum atomic E-state index is -0.730. The van der Waals surface area contributed by atoms with Crippen molar-refractivity contribution >= 4 is 17.3 Å². The van der Waals surface area contributed by atoms with E-state index in [9.17, 15) is 4.79 Å². The maximum atomic E-state index is 11.0. The van der Waals surface area contributed by atoms with Crippen LogP contribution in [-0.4, -0.2) is 17.1 Å². The molecule has 4 heteroatoms. The topological polar surface area (TPSA) is 49.3 Å². The summed E-state index contributed by atoms with van der Waals surface area (Å²) in [6.07, 6.45) is 5.08. The molecule has 0 saturated heterocycles. The largest absolute Gasteiger partial charge is 0.481 e. The zero-order valence-corrected chi connectivity index (χ0v) is 11.6. The summed E-state index contributed by atoms with van der Waals surface area (Å²) < 4.78 is 0. The minimum Gasteiger partial charge on any atom is -0.481 e. The van der Waals surface area contributed by atoms with Gasteiger partial charge in [0.2, 0.25) is 0 Å². The first-order chi connectivity index (χ1) is 8.70. The van der Waals surface area contributed by atoms with Crippen molar-refractivity contribution in [3.8, 4) is 0 Å². The average Bonchev–Trinajstić information content (AvgIpc) is 2.98. The summed E-state index contributed by atoms with van der Waals surface area (Å²) in [4.78, 5) is 12.1. The normalized spacial score (nSPS) is 25.2. The van der Waals surface area contributed by atoms with Crippen LogP contribution in [0.2, 0.25) is 0 Å². The van der Waals surface area contributed by atoms with Gasteiger partial charge in [0.15, 0.2) is 0 Å². The molecule has 1 aromatic heterocycles. The van der Waals surface area contributed by atoms with Crippen molar-refractivity contribution in [3.63, 3.8) is 0 Å². The van der Waals surface area contributed by atoms with Gasteiger partial charge in [-0.05, 0) is 30.2 Å². The number of carbonyl (C=O) groups is 1. The first kappa shape index (κ1) is 13.6. The van der Waals surface area contributed by atoms with E-state index in [2.05, 4.69) is 12.2 Å². The average molecular weight is 267 g/mol. The Hall–Kier alpha value is -0.870. The van der Waals surface area contributed by atoms with Gasteiger partial charge in [0.25, 0.3) is 0 Å². The number of carboxylic acids is 1. The van der Waals surface area contributed by atoms with Gasteiger partial charge in [-0.2, -0.15) is 0 Å². The summed E-state index contributed by atoms with van der Waals surface area (Å²) in [5.74, 6) is -0.0202. The Morgan fingerprint density at radius 1 is 1.61 bits per heavy atom. The fourth-order valence-corrected chi connectivity index (χ4v) is 3.70. The fourth-order valence-electron chi connectivity index (χ4n) is 2.91. The second kappa shape index (κ2) is 6.34. The maximum absolute atomic E-state index is 11.0. The van der Waals surface area contributed by atoms with E-state index in [1.165, 1.54) is 25.7 Å². The van der Waals surface area contributed by atoms with Gasteiger partial charge < -0.3 is 10.4 Å². The van der Waals surface area contributed by atoms with Crippen LogP contribution in [0.3, 0.4) is 0 Å². The van der Waals surface area contributed by atoms with E-state index in [4.69, 9.17) is 5.11 Å². The molecule has 0 bridgehead atoms. The monoisotopic (exact) mass is 267 g/mol. The molecule has 0 radical (unpaired) electrons. The summed E-state index contributed by atoms with van der Waals surface area (Å²) in [7, 11) is 0. The molecule has 1 fully saturated rings. The molecule has 0 aliphatic heterocycles. The van der Waals surface area contributed by atoms with Gasteiger partial charge in [-0.3, -0.25) is 4.79 Å². The summed E-state index contributed by atoms with van der Waals surface area (Å²) in [5, 5.41) is 14.6. The lowest BCUT2D eigenvalue weighted by Crippen LogP contribution is -2.36. The van der Waals surface area contributed by atoms with Crippen molar-refractivity contribution in [1.29, 1.82) is 0 Å². The van der Waals surface area contributed by atoms with E-state index in [0.717, 1.165) is 4.88 Å². The SMILES string of the molecule is CCC1CCCC1NC(CC(=O)O)c1cccs1. The van der Waals surface area contributed by atoms with Crippen molar-refractivity contribution in [1.82, 2.24) is 5.32 Å². The number of carboxylic acid groups (broad SMARTS) is 1. The molecule has 100 valence electrons. The van der Waals surface area contributed by atoms with Crippen LogP contribution in [0.4, 0.5) is 0 Å². The number of thiophene rings is 1. The molecule has 1 aromatic rings. The van der Waals surface area contributed by atoms with E-state index >= 15 is 0 Å². The van der Waals surface area contributed by atoms with Crippen LogP contribution in [0, 0.1) is 5.92 Å². The second-order valence-electron chi connectivity index (χ2n) is 5.04. The standard InChI is InChI=1S/C14H21NO2S/c1-2-10-5-3-6-11(10)15-12(9-14(16)17)13-7-4-8-18-13/h4,7-8,10-12,15H,2-3,5-6,9H2,1H3,(H,16,17). The highest BCUT2D eigenvalue weighted by molar-refractivity contribution is 7.10. The number of hydrogen-bond acceptors (Lipinski definition) is 3. The molecule has 0 spiro atoms. The van der Waals surface area contributed by atoms with Crippen molar-refractivity contribution in [2.24, 2.45) is 5.92 Å². The molecule has 1 aliphatic carbocycles. The third kappa shape index (κ3) is 3.33. The van der Waals surface area contributed by atoms with E-state index in [1.54, 1.807) is 11.3 Å². The number of hydrogen-bond donors (Lipinski definition) is 2. The highest BCUT2D eigenvalue weighted by Gasteiger charge is 2.29. The number of rotatable bonds is 6. The predicted molar refractivity (Wildman–Crippen MR) is 73.9 cm³/mol. The minimum absolute atomic E-state index is 0.0281. The van der Waals surface area contributed by atoms with Gasteiger partial charge >= 0.3 is 5.97 Å². The molecular weight excluding hydrogens is 246 g/mol. The first-order valence-corrected chi connectivity index (χ1v) is 7.60. The maximum Gasteiger partial charge on any atom is 0.305 e. The molecule has 3 unspecified atom stereocenters. The molecule has 0 amide bonds. The Balaban J connectivity index is 2.03. The van der Waals surface area contributed by atoms with Gasteiger partial charge in [0.05, 0.1) is 12.5 Å². The van der Waals surface area contributed by atoms with Crippen LogP contribution < -0.4 is 5.32 Å². The second-order valence-corrected chi connectivity index (χ2v) is 6.02. The summed E-state index contributed by atoms with van der Waals surface area (Å²) >= 11 is 1.64. The predicted octanol–water partition coefficient (Wildman–Crippen LogP) is 3.43. The molecule has 1 aliphatic rings. The van der Waals surface area contributed by atoms with Crippen LogP contribution in [-0.2, 0) is 4.79 Å². The van der Waals surface area contributed by atoms with E-state index in [1.807, 2.05) is 17.5 Å². The summed E-state index contributed by atoms with van der Waals surface area (Å²) in [6.45, 7) is 2.22. The van der Waals surface area contributed by atoms with Crippen LogP contribution in [0.1, 0.15) is 49.9 Å². The number of nitrogens with one attached hydrogen (secondary N) is 1.